The molecule has 2 saturated carbocycles. The van der Waals surface area contributed by atoms with Crippen molar-refractivity contribution in [1.29, 1.82) is 0 Å². The van der Waals surface area contributed by atoms with Gasteiger partial charge < -0.3 is 14.5 Å². The molecule has 2 aliphatic carbocycles. The van der Waals surface area contributed by atoms with Crippen LogP contribution in [0.5, 0.6) is 0 Å². The van der Waals surface area contributed by atoms with Crippen LogP contribution in [-0.2, 0) is 17.9 Å². The summed E-state index contributed by atoms with van der Waals surface area (Å²) in [6, 6.07) is 2.91. The Morgan fingerprint density at radius 2 is 2.14 bits per heavy atom. The van der Waals surface area contributed by atoms with E-state index in [4.69, 9.17) is 9.15 Å². The average molecular weight is 291 g/mol. The van der Waals surface area contributed by atoms with Crippen molar-refractivity contribution in [3.8, 4) is 0 Å². The van der Waals surface area contributed by atoms with E-state index in [1.165, 1.54) is 50.5 Å². The Hall–Kier alpha value is -0.800. The van der Waals surface area contributed by atoms with E-state index in [0.29, 0.717) is 12.7 Å². The topological polar surface area (TPSA) is 34.4 Å². The first-order valence-corrected chi connectivity index (χ1v) is 8.67. The first kappa shape index (κ1) is 15.1. The van der Waals surface area contributed by atoms with E-state index in [9.17, 15) is 0 Å². The maximum atomic E-state index is 6.09. The molecule has 0 amide bonds. The van der Waals surface area contributed by atoms with Crippen LogP contribution in [0.1, 0.15) is 69.0 Å². The van der Waals surface area contributed by atoms with Crippen LogP contribution < -0.4 is 5.32 Å². The van der Waals surface area contributed by atoms with E-state index >= 15 is 0 Å². The molecule has 0 spiro atoms. The number of hydrogen-bond acceptors (Lipinski definition) is 3. The van der Waals surface area contributed by atoms with Crippen LogP contribution in [0, 0.1) is 12.8 Å². The number of aryl methyl sites for hydroxylation is 1. The first-order chi connectivity index (χ1) is 10.2. The van der Waals surface area contributed by atoms with Gasteiger partial charge in [-0.05, 0) is 44.6 Å². The van der Waals surface area contributed by atoms with Crippen LogP contribution in [0.25, 0.3) is 0 Å². The van der Waals surface area contributed by atoms with Crippen LogP contribution in [0.3, 0.4) is 0 Å². The molecule has 2 atom stereocenters. The highest BCUT2D eigenvalue weighted by Crippen LogP contribution is 2.29. The highest BCUT2D eigenvalue weighted by molar-refractivity contribution is 5.20. The number of furan rings is 1. The van der Waals surface area contributed by atoms with Gasteiger partial charge in [-0.3, -0.25) is 0 Å². The normalized spacial score (nSPS) is 26.2. The Labute approximate surface area is 128 Å². The molecule has 2 aliphatic rings. The summed E-state index contributed by atoms with van der Waals surface area (Å²) < 4.78 is 11.9. The Bertz CT molecular complexity index is 450. The smallest absolute Gasteiger partial charge is 0.130 e. The zero-order valence-corrected chi connectivity index (χ0v) is 13.5. The third kappa shape index (κ3) is 4.33. The van der Waals surface area contributed by atoms with Gasteiger partial charge in [-0.25, -0.2) is 0 Å². The molecule has 2 unspecified atom stereocenters. The summed E-state index contributed by atoms with van der Waals surface area (Å²) >= 11 is 0. The summed E-state index contributed by atoms with van der Waals surface area (Å²) in [7, 11) is 0. The quantitative estimate of drug-likeness (QED) is 0.812. The van der Waals surface area contributed by atoms with Gasteiger partial charge in [-0.2, -0.15) is 0 Å². The lowest BCUT2D eigenvalue weighted by Crippen LogP contribution is -2.22. The lowest BCUT2D eigenvalue weighted by Gasteiger charge is -2.28. The van der Waals surface area contributed by atoms with Gasteiger partial charge in [-0.1, -0.05) is 26.2 Å². The van der Waals surface area contributed by atoms with E-state index in [1.807, 2.05) is 0 Å². The van der Waals surface area contributed by atoms with Crippen LogP contribution in [-0.4, -0.2) is 12.1 Å². The minimum Gasteiger partial charge on any atom is -0.464 e. The van der Waals surface area contributed by atoms with Crippen molar-refractivity contribution in [3.05, 3.63) is 23.2 Å². The minimum atomic E-state index is 0.433. The molecular weight excluding hydrogens is 262 g/mol. The van der Waals surface area contributed by atoms with E-state index in [2.05, 4.69) is 25.2 Å². The third-order valence-electron chi connectivity index (χ3n) is 5.00. The monoisotopic (exact) mass is 291 g/mol. The van der Waals surface area contributed by atoms with E-state index in [1.54, 1.807) is 0 Å². The molecule has 118 valence electrons. The Balaban J connectivity index is 1.46. The molecular formula is C18H29NO2. The molecule has 1 aromatic heterocycles. The SMILES string of the molecule is CCC1CCCC(OCc2cc(CNC3CC3)c(C)o2)C1. The van der Waals surface area contributed by atoms with Gasteiger partial charge in [0.25, 0.3) is 0 Å². The average Bonchev–Trinajstić information content (AvgIpc) is 3.27. The van der Waals surface area contributed by atoms with Gasteiger partial charge in [0.2, 0.25) is 0 Å². The first-order valence-electron chi connectivity index (χ1n) is 8.67. The molecule has 0 aliphatic heterocycles. The fourth-order valence-corrected chi connectivity index (χ4v) is 3.34. The second-order valence-electron chi connectivity index (χ2n) is 6.82. The van der Waals surface area contributed by atoms with Gasteiger partial charge in [0, 0.05) is 18.2 Å². The summed E-state index contributed by atoms with van der Waals surface area (Å²) in [6.45, 7) is 5.91. The Morgan fingerprint density at radius 3 is 2.90 bits per heavy atom. The predicted molar refractivity (Wildman–Crippen MR) is 84.1 cm³/mol. The molecule has 0 saturated heterocycles. The van der Waals surface area contributed by atoms with Crippen molar-refractivity contribution in [3.63, 3.8) is 0 Å². The lowest BCUT2D eigenvalue weighted by molar-refractivity contribution is -0.00556. The minimum absolute atomic E-state index is 0.433. The summed E-state index contributed by atoms with van der Waals surface area (Å²) in [5.41, 5.74) is 1.29. The maximum absolute atomic E-state index is 6.09. The molecule has 3 nitrogen and oxygen atoms in total. The lowest BCUT2D eigenvalue weighted by atomic mass is 9.85. The van der Waals surface area contributed by atoms with Gasteiger partial charge in [0.1, 0.15) is 18.1 Å². The van der Waals surface area contributed by atoms with Gasteiger partial charge in [-0.15, -0.1) is 0 Å². The van der Waals surface area contributed by atoms with Gasteiger partial charge >= 0.3 is 0 Å². The standard InChI is InChI=1S/C18H29NO2/c1-3-14-5-4-6-17(9-14)20-12-18-10-15(13(2)21-18)11-19-16-7-8-16/h10,14,16-17,19H,3-9,11-12H2,1-2H3. The molecule has 1 aromatic rings. The number of nitrogens with one attached hydrogen (secondary N) is 1. The highest BCUT2D eigenvalue weighted by Gasteiger charge is 2.23. The van der Waals surface area contributed by atoms with Crippen molar-refractivity contribution in [2.24, 2.45) is 5.92 Å². The van der Waals surface area contributed by atoms with Gasteiger partial charge in [0.05, 0.1) is 6.10 Å². The second kappa shape index (κ2) is 6.97. The Morgan fingerprint density at radius 1 is 1.29 bits per heavy atom. The molecule has 0 radical (unpaired) electrons. The fraction of sp³-hybridized carbons (Fsp3) is 0.778. The van der Waals surface area contributed by atoms with Crippen molar-refractivity contribution in [2.45, 2.75) is 84.1 Å². The molecule has 2 fully saturated rings. The third-order valence-corrected chi connectivity index (χ3v) is 5.00. The zero-order valence-electron chi connectivity index (χ0n) is 13.5. The number of ether oxygens (including phenoxy) is 1. The van der Waals surface area contributed by atoms with E-state index < -0.39 is 0 Å². The fourth-order valence-electron chi connectivity index (χ4n) is 3.34. The summed E-state index contributed by atoms with van der Waals surface area (Å²) in [6.07, 6.45) is 9.52. The zero-order chi connectivity index (χ0) is 14.7. The van der Waals surface area contributed by atoms with Crippen LogP contribution in [0.4, 0.5) is 0 Å². The molecule has 1 N–H and O–H groups in total. The molecule has 3 rings (SSSR count). The summed E-state index contributed by atoms with van der Waals surface area (Å²) in [5.74, 6) is 2.89. The number of rotatable bonds is 7. The summed E-state index contributed by atoms with van der Waals surface area (Å²) in [5, 5.41) is 3.55. The summed E-state index contributed by atoms with van der Waals surface area (Å²) in [4.78, 5) is 0. The Kier molecular flexibility index (Phi) is 5.02. The number of hydrogen-bond donors (Lipinski definition) is 1. The van der Waals surface area contributed by atoms with Crippen molar-refractivity contribution < 1.29 is 9.15 Å². The van der Waals surface area contributed by atoms with E-state index in [-0.39, 0.29) is 0 Å². The molecule has 21 heavy (non-hydrogen) atoms. The van der Waals surface area contributed by atoms with Crippen LogP contribution in [0.15, 0.2) is 10.5 Å². The molecule has 1 heterocycles. The van der Waals surface area contributed by atoms with Crippen LogP contribution in [0.2, 0.25) is 0 Å². The predicted octanol–water partition coefficient (Wildman–Crippen LogP) is 4.33. The second-order valence-corrected chi connectivity index (χ2v) is 6.82. The largest absolute Gasteiger partial charge is 0.464 e. The van der Waals surface area contributed by atoms with Gasteiger partial charge in [0.15, 0.2) is 0 Å². The molecule has 0 aromatic carbocycles. The van der Waals surface area contributed by atoms with Crippen molar-refractivity contribution >= 4 is 0 Å². The molecule has 0 bridgehead atoms. The van der Waals surface area contributed by atoms with Crippen molar-refractivity contribution in [1.82, 2.24) is 5.32 Å². The highest BCUT2D eigenvalue weighted by atomic mass is 16.5. The van der Waals surface area contributed by atoms with Crippen molar-refractivity contribution in [2.75, 3.05) is 0 Å². The molecule has 3 heteroatoms. The van der Waals surface area contributed by atoms with Crippen LogP contribution >= 0.6 is 0 Å². The van der Waals surface area contributed by atoms with E-state index in [0.717, 1.165) is 30.0 Å². The maximum Gasteiger partial charge on any atom is 0.130 e.